The van der Waals surface area contributed by atoms with Gasteiger partial charge in [0.25, 0.3) is 5.69 Å². The van der Waals surface area contributed by atoms with Gasteiger partial charge in [0.1, 0.15) is 5.01 Å². The maximum absolute atomic E-state index is 10.8. The third-order valence-corrected chi connectivity index (χ3v) is 4.34. The van der Waals surface area contributed by atoms with E-state index in [4.69, 9.17) is 11.6 Å². The number of para-hydroxylation sites is 1. The number of nitro groups is 1. The lowest BCUT2D eigenvalue weighted by molar-refractivity contribution is -0.384. The standard InChI is InChI=1S/C15H9ClN2O2S/c16-12(9-10-4-3-5-11(8-10)18(19)20)15-17-13-6-1-2-7-14(13)21-15/h1-9H. The maximum Gasteiger partial charge on any atom is 0.270 e. The van der Waals surface area contributed by atoms with Gasteiger partial charge in [0.05, 0.1) is 20.2 Å². The topological polar surface area (TPSA) is 56.0 Å². The summed E-state index contributed by atoms with van der Waals surface area (Å²) in [6.45, 7) is 0. The fraction of sp³-hybridized carbons (Fsp3) is 0. The van der Waals surface area contributed by atoms with E-state index in [1.165, 1.54) is 23.5 Å². The van der Waals surface area contributed by atoms with E-state index < -0.39 is 4.92 Å². The van der Waals surface area contributed by atoms with Gasteiger partial charge in [-0.3, -0.25) is 10.1 Å². The molecule has 0 spiro atoms. The highest BCUT2D eigenvalue weighted by molar-refractivity contribution is 7.20. The van der Waals surface area contributed by atoms with Crippen LogP contribution in [-0.2, 0) is 0 Å². The number of nitro benzene ring substituents is 1. The highest BCUT2D eigenvalue weighted by Gasteiger charge is 2.08. The average molecular weight is 317 g/mol. The molecular formula is C15H9ClN2O2S. The monoisotopic (exact) mass is 316 g/mol. The van der Waals surface area contributed by atoms with Crippen LogP contribution in [0.2, 0.25) is 0 Å². The lowest BCUT2D eigenvalue weighted by atomic mass is 10.2. The van der Waals surface area contributed by atoms with E-state index in [0.717, 1.165) is 10.2 Å². The Kier molecular flexibility index (Phi) is 3.68. The van der Waals surface area contributed by atoms with Gasteiger partial charge in [-0.2, -0.15) is 0 Å². The van der Waals surface area contributed by atoms with Crippen LogP contribution in [0, 0.1) is 10.1 Å². The Morgan fingerprint density at radius 3 is 2.81 bits per heavy atom. The first-order valence-electron chi connectivity index (χ1n) is 6.11. The Hall–Kier alpha value is -2.24. The molecule has 0 saturated heterocycles. The summed E-state index contributed by atoms with van der Waals surface area (Å²) >= 11 is 7.77. The number of rotatable bonds is 3. The van der Waals surface area contributed by atoms with Crippen LogP contribution in [0.3, 0.4) is 0 Å². The van der Waals surface area contributed by atoms with Crippen LogP contribution in [0.5, 0.6) is 0 Å². The lowest BCUT2D eigenvalue weighted by Crippen LogP contribution is -1.87. The van der Waals surface area contributed by atoms with Gasteiger partial charge in [0, 0.05) is 12.1 Å². The van der Waals surface area contributed by atoms with Crippen molar-refractivity contribution >= 4 is 50.0 Å². The van der Waals surface area contributed by atoms with Crippen molar-refractivity contribution in [1.29, 1.82) is 0 Å². The van der Waals surface area contributed by atoms with Crippen LogP contribution >= 0.6 is 22.9 Å². The van der Waals surface area contributed by atoms with Gasteiger partial charge in [-0.15, -0.1) is 11.3 Å². The van der Waals surface area contributed by atoms with Crippen LogP contribution in [-0.4, -0.2) is 9.91 Å². The minimum Gasteiger partial charge on any atom is -0.258 e. The number of aromatic nitrogens is 1. The summed E-state index contributed by atoms with van der Waals surface area (Å²) < 4.78 is 1.05. The smallest absolute Gasteiger partial charge is 0.258 e. The quantitative estimate of drug-likeness (QED) is 0.508. The molecule has 0 bridgehead atoms. The molecule has 0 aliphatic heterocycles. The zero-order chi connectivity index (χ0) is 14.8. The third-order valence-electron chi connectivity index (χ3n) is 2.87. The molecule has 2 aromatic carbocycles. The summed E-state index contributed by atoms with van der Waals surface area (Å²) in [4.78, 5) is 14.8. The molecule has 0 radical (unpaired) electrons. The number of hydrogen-bond donors (Lipinski definition) is 0. The Morgan fingerprint density at radius 2 is 2.05 bits per heavy atom. The molecule has 0 fully saturated rings. The van der Waals surface area contributed by atoms with Crippen LogP contribution < -0.4 is 0 Å². The van der Waals surface area contributed by atoms with Crippen LogP contribution in [0.1, 0.15) is 10.6 Å². The molecule has 0 N–H and O–H groups in total. The van der Waals surface area contributed by atoms with Crippen LogP contribution in [0.25, 0.3) is 21.3 Å². The zero-order valence-corrected chi connectivity index (χ0v) is 12.3. The van der Waals surface area contributed by atoms with Crippen molar-refractivity contribution in [2.75, 3.05) is 0 Å². The van der Waals surface area contributed by atoms with Crippen LogP contribution in [0.4, 0.5) is 5.69 Å². The molecule has 3 aromatic rings. The Balaban J connectivity index is 1.98. The predicted molar refractivity (Wildman–Crippen MR) is 86.4 cm³/mol. The summed E-state index contributed by atoms with van der Waals surface area (Å²) in [6.07, 6.45) is 1.69. The Labute approximate surface area is 129 Å². The second-order valence-corrected chi connectivity index (χ2v) is 5.77. The average Bonchev–Trinajstić information content (AvgIpc) is 2.91. The van der Waals surface area contributed by atoms with Gasteiger partial charge in [-0.25, -0.2) is 4.98 Å². The first kappa shape index (κ1) is 13.7. The Bertz CT molecular complexity index is 825. The van der Waals surface area contributed by atoms with E-state index in [-0.39, 0.29) is 5.69 Å². The normalized spacial score (nSPS) is 11.8. The number of halogens is 1. The highest BCUT2D eigenvalue weighted by atomic mass is 35.5. The molecule has 4 nitrogen and oxygen atoms in total. The molecule has 0 amide bonds. The molecule has 0 atom stereocenters. The van der Waals surface area contributed by atoms with Crippen LogP contribution in [0.15, 0.2) is 48.5 Å². The predicted octanol–water partition coefficient (Wildman–Crippen LogP) is 4.94. The molecule has 6 heteroatoms. The first-order chi connectivity index (χ1) is 10.1. The van der Waals surface area contributed by atoms with E-state index in [9.17, 15) is 10.1 Å². The molecular weight excluding hydrogens is 308 g/mol. The minimum atomic E-state index is -0.428. The van der Waals surface area contributed by atoms with Crippen molar-refractivity contribution in [1.82, 2.24) is 4.98 Å². The molecule has 21 heavy (non-hydrogen) atoms. The number of non-ortho nitro benzene ring substituents is 1. The van der Waals surface area contributed by atoms with Crippen molar-refractivity contribution in [3.63, 3.8) is 0 Å². The Morgan fingerprint density at radius 1 is 1.24 bits per heavy atom. The molecule has 0 aliphatic carbocycles. The number of nitrogens with zero attached hydrogens (tertiary/aromatic N) is 2. The molecule has 0 saturated carbocycles. The van der Waals surface area contributed by atoms with Crippen molar-refractivity contribution in [2.45, 2.75) is 0 Å². The van der Waals surface area contributed by atoms with Crippen molar-refractivity contribution in [3.05, 3.63) is 69.2 Å². The second kappa shape index (κ2) is 5.63. The van der Waals surface area contributed by atoms with E-state index in [1.54, 1.807) is 18.2 Å². The third kappa shape index (κ3) is 2.94. The molecule has 1 aromatic heterocycles. The molecule has 0 unspecified atom stereocenters. The summed E-state index contributed by atoms with van der Waals surface area (Å²) in [5.41, 5.74) is 1.61. The molecule has 3 rings (SSSR count). The summed E-state index contributed by atoms with van der Waals surface area (Å²) in [7, 11) is 0. The highest BCUT2D eigenvalue weighted by Crippen LogP contribution is 2.30. The number of hydrogen-bond acceptors (Lipinski definition) is 4. The molecule has 0 aliphatic rings. The fourth-order valence-electron chi connectivity index (χ4n) is 1.91. The van der Waals surface area contributed by atoms with Crippen molar-refractivity contribution in [2.24, 2.45) is 0 Å². The zero-order valence-electron chi connectivity index (χ0n) is 10.7. The van der Waals surface area contributed by atoms with Gasteiger partial charge in [0.2, 0.25) is 0 Å². The number of thiazole rings is 1. The van der Waals surface area contributed by atoms with E-state index in [1.807, 2.05) is 24.3 Å². The maximum atomic E-state index is 10.8. The SMILES string of the molecule is O=[N+]([O-])c1cccc(C=C(Cl)c2nc3ccccc3s2)c1. The minimum absolute atomic E-state index is 0.0394. The van der Waals surface area contributed by atoms with Gasteiger partial charge >= 0.3 is 0 Å². The second-order valence-electron chi connectivity index (χ2n) is 4.33. The van der Waals surface area contributed by atoms with Gasteiger partial charge in [0.15, 0.2) is 0 Å². The fourth-order valence-corrected chi connectivity index (χ4v) is 3.07. The van der Waals surface area contributed by atoms with E-state index in [0.29, 0.717) is 15.6 Å². The first-order valence-corrected chi connectivity index (χ1v) is 7.30. The molecule has 1 heterocycles. The summed E-state index contributed by atoms with van der Waals surface area (Å²) in [5.74, 6) is 0. The van der Waals surface area contributed by atoms with Gasteiger partial charge < -0.3 is 0 Å². The van der Waals surface area contributed by atoms with Crippen molar-refractivity contribution < 1.29 is 4.92 Å². The van der Waals surface area contributed by atoms with Crippen molar-refractivity contribution in [3.8, 4) is 0 Å². The summed E-state index contributed by atoms with van der Waals surface area (Å²) in [5, 5.41) is 11.9. The van der Waals surface area contributed by atoms with Gasteiger partial charge in [-0.1, -0.05) is 35.9 Å². The number of benzene rings is 2. The van der Waals surface area contributed by atoms with Gasteiger partial charge in [-0.05, 0) is 23.8 Å². The van der Waals surface area contributed by atoms with E-state index in [2.05, 4.69) is 4.98 Å². The largest absolute Gasteiger partial charge is 0.270 e. The summed E-state index contributed by atoms with van der Waals surface area (Å²) in [6, 6.07) is 14.1. The number of fused-ring (bicyclic) bond motifs is 1. The van der Waals surface area contributed by atoms with E-state index >= 15 is 0 Å². The lowest BCUT2D eigenvalue weighted by Gasteiger charge is -1.96. The molecule has 104 valence electrons.